The molecule has 2 atom stereocenters. The molecule has 0 unspecified atom stereocenters. The van der Waals surface area contributed by atoms with Gasteiger partial charge in [0.05, 0.1) is 19.6 Å². The molecule has 2 N–H and O–H groups in total. The molecule has 1 saturated carbocycles. The monoisotopic (exact) mass is 405 g/mol. The third-order valence-electron chi connectivity index (χ3n) is 5.76. The Morgan fingerprint density at radius 2 is 1.87 bits per heavy atom. The number of amides is 1. The molecule has 6 heteroatoms. The van der Waals surface area contributed by atoms with Gasteiger partial charge in [-0.25, -0.2) is 5.48 Å². The molecule has 0 spiro atoms. The van der Waals surface area contributed by atoms with E-state index in [2.05, 4.69) is 30.3 Å². The standard InChI is InChI=1S/C24H23NO5/c1-29-23(27)24(15-21(24)22(26)25-28)19-7-4-8-20(14-19)30-12-11-16-9-10-17-5-2-3-6-18(17)13-16/h2-10,13-14,21,28H,11-12,15H2,1H3,(H,25,26)/t21-,24-/m0/s1. The van der Waals surface area contributed by atoms with Crippen LogP contribution in [0.5, 0.6) is 5.75 Å². The van der Waals surface area contributed by atoms with Gasteiger partial charge < -0.3 is 9.47 Å². The number of esters is 1. The first kappa shape index (κ1) is 19.9. The van der Waals surface area contributed by atoms with Gasteiger partial charge in [-0.1, -0.05) is 54.6 Å². The quantitative estimate of drug-likeness (QED) is 0.358. The second-order valence-corrected chi connectivity index (χ2v) is 7.50. The van der Waals surface area contributed by atoms with Crippen molar-refractivity contribution >= 4 is 22.6 Å². The topological polar surface area (TPSA) is 84.9 Å². The number of hydrogen-bond donors (Lipinski definition) is 2. The van der Waals surface area contributed by atoms with Gasteiger partial charge in [-0.3, -0.25) is 14.8 Å². The zero-order valence-electron chi connectivity index (χ0n) is 16.6. The minimum absolute atomic E-state index is 0.284. The molecule has 0 aliphatic heterocycles. The number of nitrogens with one attached hydrogen (secondary N) is 1. The summed E-state index contributed by atoms with van der Waals surface area (Å²) < 4.78 is 10.8. The molecule has 1 aliphatic carbocycles. The third kappa shape index (κ3) is 3.62. The third-order valence-corrected chi connectivity index (χ3v) is 5.76. The van der Waals surface area contributed by atoms with E-state index in [1.54, 1.807) is 23.7 Å². The lowest BCUT2D eigenvalue weighted by Crippen LogP contribution is -2.31. The van der Waals surface area contributed by atoms with Crippen LogP contribution in [-0.2, 0) is 26.2 Å². The minimum Gasteiger partial charge on any atom is -0.493 e. The number of fused-ring (bicyclic) bond motifs is 1. The summed E-state index contributed by atoms with van der Waals surface area (Å²) in [7, 11) is 1.29. The molecule has 0 bridgehead atoms. The summed E-state index contributed by atoms with van der Waals surface area (Å²) in [6, 6.07) is 21.7. The molecule has 30 heavy (non-hydrogen) atoms. The molecule has 0 radical (unpaired) electrons. The smallest absolute Gasteiger partial charge is 0.317 e. The van der Waals surface area contributed by atoms with Crippen molar-refractivity contribution < 1.29 is 24.3 Å². The second kappa shape index (κ2) is 8.16. The summed E-state index contributed by atoms with van der Waals surface area (Å²) in [6.07, 6.45) is 1.03. The highest BCUT2D eigenvalue weighted by Crippen LogP contribution is 2.55. The van der Waals surface area contributed by atoms with Gasteiger partial charge in [0.15, 0.2) is 0 Å². The van der Waals surface area contributed by atoms with Gasteiger partial charge in [-0.15, -0.1) is 0 Å². The number of ether oxygens (including phenoxy) is 2. The molecular weight excluding hydrogens is 382 g/mol. The summed E-state index contributed by atoms with van der Waals surface area (Å²) in [6.45, 7) is 0.480. The normalized spacial score (nSPS) is 19.9. The molecule has 4 rings (SSSR count). The van der Waals surface area contributed by atoms with E-state index in [-0.39, 0.29) is 6.42 Å². The van der Waals surface area contributed by atoms with Crippen LogP contribution in [-0.4, -0.2) is 30.8 Å². The van der Waals surface area contributed by atoms with Crippen molar-refractivity contribution in [1.82, 2.24) is 5.48 Å². The van der Waals surface area contributed by atoms with Crippen molar-refractivity contribution in [2.75, 3.05) is 13.7 Å². The molecule has 1 amide bonds. The summed E-state index contributed by atoms with van der Waals surface area (Å²) >= 11 is 0. The van der Waals surface area contributed by atoms with Gasteiger partial charge in [-0.05, 0) is 40.5 Å². The highest BCUT2D eigenvalue weighted by Gasteiger charge is 2.65. The molecule has 1 fully saturated rings. The lowest BCUT2D eigenvalue weighted by Gasteiger charge is -2.16. The first-order valence-electron chi connectivity index (χ1n) is 9.82. The Kier molecular flexibility index (Phi) is 5.42. The van der Waals surface area contributed by atoms with Crippen molar-refractivity contribution in [2.24, 2.45) is 5.92 Å². The maximum atomic E-state index is 12.4. The second-order valence-electron chi connectivity index (χ2n) is 7.50. The average Bonchev–Trinajstić information content (AvgIpc) is 3.55. The van der Waals surface area contributed by atoms with Crippen molar-refractivity contribution in [3.8, 4) is 5.75 Å². The first-order chi connectivity index (χ1) is 14.6. The molecule has 154 valence electrons. The van der Waals surface area contributed by atoms with E-state index in [1.807, 2.05) is 18.2 Å². The van der Waals surface area contributed by atoms with E-state index in [4.69, 9.17) is 14.7 Å². The van der Waals surface area contributed by atoms with Gasteiger partial charge >= 0.3 is 5.97 Å². The fraction of sp³-hybridized carbons (Fsp3) is 0.250. The van der Waals surface area contributed by atoms with E-state index in [9.17, 15) is 9.59 Å². The molecule has 0 aromatic heterocycles. The van der Waals surface area contributed by atoms with Crippen LogP contribution in [0.25, 0.3) is 10.8 Å². The Morgan fingerprint density at radius 3 is 2.63 bits per heavy atom. The van der Waals surface area contributed by atoms with E-state index < -0.39 is 23.2 Å². The van der Waals surface area contributed by atoms with E-state index >= 15 is 0 Å². The number of hydrogen-bond acceptors (Lipinski definition) is 5. The predicted molar refractivity (Wildman–Crippen MR) is 111 cm³/mol. The van der Waals surface area contributed by atoms with Crippen molar-refractivity contribution in [2.45, 2.75) is 18.3 Å². The molecule has 3 aromatic carbocycles. The Balaban J connectivity index is 1.46. The Bertz CT molecular complexity index is 1100. The van der Waals surface area contributed by atoms with Gasteiger partial charge in [0.2, 0.25) is 5.91 Å². The van der Waals surface area contributed by atoms with Crippen LogP contribution in [0.1, 0.15) is 17.5 Å². The van der Waals surface area contributed by atoms with E-state index in [0.29, 0.717) is 17.9 Å². The fourth-order valence-corrected chi connectivity index (χ4v) is 4.05. The van der Waals surface area contributed by atoms with Crippen LogP contribution < -0.4 is 10.2 Å². The van der Waals surface area contributed by atoms with Crippen LogP contribution >= 0.6 is 0 Å². The Hall–Kier alpha value is -3.38. The number of benzene rings is 3. The highest BCUT2D eigenvalue weighted by atomic mass is 16.5. The van der Waals surface area contributed by atoms with Crippen molar-refractivity contribution in [3.05, 3.63) is 77.9 Å². The van der Waals surface area contributed by atoms with Crippen molar-refractivity contribution in [3.63, 3.8) is 0 Å². The first-order valence-corrected chi connectivity index (χ1v) is 9.82. The van der Waals surface area contributed by atoms with Crippen molar-refractivity contribution in [1.29, 1.82) is 0 Å². The molecule has 1 aliphatic rings. The van der Waals surface area contributed by atoms with E-state index in [1.165, 1.54) is 23.4 Å². The maximum Gasteiger partial charge on any atom is 0.317 e. The SMILES string of the molecule is COC(=O)[C@]1(c2cccc(OCCc3ccc4ccccc4c3)c2)C[C@H]1C(=O)NO. The maximum absolute atomic E-state index is 12.4. The molecule has 0 saturated heterocycles. The van der Waals surface area contributed by atoms with Crippen LogP contribution in [0, 0.1) is 5.92 Å². The van der Waals surface area contributed by atoms with Crippen LogP contribution in [0.3, 0.4) is 0 Å². The number of rotatable bonds is 7. The predicted octanol–water partition coefficient (Wildman–Crippen LogP) is 3.40. The van der Waals surface area contributed by atoms with Crippen LogP contribution in [0.15, 0.2) is 66.7 Å². The van der Waals surface area contributed by atoms with Gasteiger partial charge in [0.1, 0.15) is 11.2 Å². The molecular formula is C24H23NO5. The Labute approximate surface area is 174 Å². The lowest BCUT2D eigenvalue weighted by molar-refractivity contribution is -0.146. The summed E-state index contributed by atoms with van der Waals surface area (Å²) in [5.74, 6) is -1.14. The summed E-state index contributed by atoms with van der Waals surface area (Å²) in [4.78, 5) is 24.3. The number of hydroxylamine groups is 1. The minimum atomic E-state index is -1.08. The summed E-state index contributed by atoms with van der Waals surface area (Å²) in [5, 5.41) is 11.3. The molecule has 6 nitrogen and oxygen atoms in total. The number of carbonyl (C=O) groups excluding carboxylic acids is 2. The van der Waals surface area contributed by atoms with Gasteiger partial charge in [-0.2, -0.15) is 0 Å². The number of methoxy groups -OCH3 is 1. The molecule has 3 aromatic rings. The largest absolute Gasteiger partial charge is 0.493 e. The zero-order valence-corrected chi connectivity index (χ0v) is 16.6. The van der Waals surface area contributed by atoms with Crippen LogP contribution in [0.2, 0.25) is 0 Å². The van der Waals surface area contributed by atoms with Gasteiger partial charge in [0.25, 0.3) is 0 Å². The van der Waals surface area contributed by atoms with Crippen LogP contribution in [0.4, 0.5) is 0 Å². The van der Waals surface area contributed by atoms with E-state index in [0.717, 1.165) is 6.42 Å². The zero-order chi connectivity index (χ0) is 21.1. The highest BCUT2D eigenvalue weighted by molar-refractivity contribution is 5.97. The molecule has 0 heterocycles. The summed E-state index contributed by atoms with van der Waals surface area (Å²) in [5.41, 5.74) is 2.37. The Morgan fingerprint density at radius 1 is 1.07 bits per heavy atom. The number of carbonyl (C=O) groups is 2. The average molecular weight is 405 g/mol. The fourth-order valence-electron chi connectivity index (χ4n) is 4.05. The van der Waals surface area contributed by atoms with Gasteiger partial charge in [0, 0.05) is 6.42 Å². The lowest BCUT2D eigenvalue weighted by atomic mass is 9.92.